The van der Waals surface area contributed by atoms with E-state index in [2.05, 4.69) is 32.1 Å². The number of hydrogen-bond donors (Lipinski definition) is 1. The predicted octanol–water partition coefficient (Wildman–Crippen LogP) is 3.47. The van der Waals surface area contributed by atoms with Gasteiger partial charge in [0.05, 0.1) is 0 Å². The van der Waals surface area contributed by atoms with E-state index in [1.807, 2.05) is 26.0 Å². The van der Waals surface area contributed by atoms with Gasteiger partial charge in [-0.25, -0.2) is 4.90 Å². The molecular weight excluding hydrogens is 362 g/mol. The molecule has 0 radical (unpaired) electrons. The monoisotopic (exact) mass is 383 g/mol. The molecule has 3 aliphatic rings. The third-order valence-electron chi connectivity index (χ3n) is 5.71. The quantitative estimate of drug-likeness (QED) is 0.626. The fourth-order valence-electron chi connectivity index (χ4n) is 3.84. The first-order chi connectivity index (χ1) is 12.8. The van der Waals surface area contributed by atoms with Gasteiger partial charge >= 0.3 is 0 Å². The molecule has 1 aromatic carbocycles. The van der Waals surface area contributed by atoms with Gasteiger partial charge in [0.15, 0.2) is 5.76 Å². The van der Waals surface area contributed by atoms with Crippen LogP contribution in [0.15, 0.2) is 47.3 Å². The molecule has 0 spiro atoms. The second-order valence-electron chi connectivity index (χ2n) is 7.33. The zero-order valence-corrected chi connectivity index (χ0v) is 16.5. The van der Waals surface area contributed by atoms with Crippen LogP contribution in [-0.2, 0) is 9.53 Å². The number of fused-ring (bicyclic) bond motifs is 3. The number of ether oxygens (including phenoxy) is 2. The molecule has 0 bridgehead atoms. The molecule has 0 aromatic heterocycles. The molecule has 2 unspecified atom stereocenters. The molecule has 1 N–H and O–H groups in total. The van der Waals surface area contributed by atoms with Crippen LogP contribution in [0.4, 0.5) is 0 Å². The Bertz CT molecular complexity index is 974. The summed E-state index contributed by atoms with van der Waals surface area (Å²) in [5.74, 6) is 0.752. The lowest BCUT2D eigenvalue weighted by molar-refractivity contribution is -0.125. The number of amides is 1. The second-order valence-corrected chi connectivity index (χ2v) is 7.68. The molecule has 1 amide bonds. The highest BCUT2D eigenvalue weighted by Crippen LogP contribution is 2.52. The van der Waals surface area contributed by atoms with Gasteiger partial charge in [-0.05, 0) is 50.2 Å². The molecule has 140 valence electrons. The molecule has 0 saturated carbocycles. The third kappa shape index (κ3) is 2.47. The third-order valence-corrected chi connectivity index (χ3v) is 6.02. The van der Waals surface area contributed by atoms with E-state index in [-0.39, 0.29) is 16.9 Å². The summed E-state index contributed by atoms with van der Waals surface area (Å²) in [6.45, 7) is 7.58. The van der Waals surface area contributed by atoms with Crippen LogP contribution in [0, 0.1) is 12.8 Å². The van der Waals surface area contributed by atoms with Crippen LogP contribution in [0.1, 0.15) is 31.9 Å². The number of thiocarbonyl (C=S) groups is 1. The SMILES string of the molecule is C/C(C1=CC(C)C2(C)Oc3c(C)cccc3C2=C1)=C1\OC(=S)N(CO)C1=O. The smallest absolute Gasteiger partial charge is 0.299 e. The minimum atomic E-state index is -0.496. The number of rotatable bonds is 2. The number of carbonyl (C=O) groups is 1. The maximum atomic E-state index is 12.5. The Hall–Kier alpha value is -2.44. The van der Waals surface area contributed by atoms with Crippen molar-refractivity contribution in [2.24, 2.45) is 5.92 Å². The minimum Gasteiger partial charge on any atom is -0.481 e. The van der Waals surface area contributed by atoms with Crippen LogP contribution in [0.5, 0.6) is 5.75 Å². The zero-order valence-electron chi connectivity index (χ0n) is 15.7. The highest BCUT2D eigenvalue weighted by molar-refractivity contribution is 7.80. The van der Waals surface area contributed by atoms with E-state index in [4.69, 9.17) is 21.7 Å². The van der Waals surface area contributed by atoms with Gasteiger partial charge < -0.3 is 14.6 Å². The van der Waals surface area contributed by atoms with Crippen LogP contribution in [0.2, 0.25) is 0 Å². The fraction of sp³-hybridized carbons (Fsp3) is 0.333. The van der Waals surface area contributed by atoms with E-state index in [1.54, 1.807) is 0 Å². The van der Waals surface area contributed by atoms with E-state index >= 15 is 0 Å². The van der Waals surface area contributed by atoms with E-state index in [0.29, 0.717) is 5.57 Å². The Morgan fingerprint density at radius 3 is 2.81 bits per heavy atom. The van der Waals surface area contributed by atoms with Crippen molar-refractivity contribution >= 4 is 28.9 Å². The van der Waals surface area contributed by atoms with Crippen molar-refractivity contribution < 1.29 is 19.4 Å². The van der Waals surface area contributed by atoms with Crippen molar-refractivity contribution in [2.45, 2.75) is 33.3 Å². The standard InChI is InChI=1S/C21H21NO4S/c1-11-6-5-7-15-16-9-14(8-12(2)21(16,4)26-17(11)15)13(3)18-19(24)22(10-23)20(27)25-18/h5-9,12,23H,10H2,1-4H3/b18-13+. The van der Waals surface area contributed by atoms with Crippen molar-refractivity contribution in [2.75, 3.05) is 6.73 Å². The lowest BCUT2D eigenvalue weighted by Crippen LogP contribution is -2.38. The van der Waals surface area contributed by atoms with Gasteiger partial charge in [-0.15, -0.1) is 0 Å². The summed E-state index contributed by atoms with van der Waals surface area (Å²) in [6.07, 6.45) is 4.16. The Kier molecular flexibility index (Phi) is 4.01. The van der Waals surface area contributed by atoms with Crippen molar-refractivity contribution in [1.29, 1.82) is 0 Å². The van der Waals surface area contributed by atoms with Crippen molar-refractivity contribution in [1.82, 2.24) is 4.90 Å². The summed E-state index contributed by atoms with van der Waals surface area (Å²) in [6, 6.07) is 6.14. The Morgan fingerprint density at radius 1 is 1.41 bits per heavy atom. The zero-order chi connectivity index (χ0) is 19.5. The summed E-state index contributed by atoms with van der Waals surface area (Å²) >= 11 is 5.03. The van der Waals surface area contributed by atoms with E-state index in [1.165, 1.54) is 0 Å². The number of allylic oxidation sites excluding steroid dienone is 3. The maximum absolute atomic E-state index is 12.5. The van der Waals surface area contributed by atoms with Crippen molar-refractivity contribution in [3.05, 3.63) is 58.4 Å². The topological polar surface area (TPSA) is 59.0 Å². The first-order valence-electron chi connectivity index (χ1n) is 8.86. The number of aryl methyl sites for hydroxylation is 1. The fourth-order valence-corrected chi connectivity index (χ4v) is 4.06. The van der Waals surface area contributed by atoms with Crippen LogP contribution in [0.25, 0.3) is 5.57 Å². The molecule has 2 atom stereocenters. The number of aliphatic hydroxyl groups is 1. The van der Waals surface area contributed by atoms with Crippen LogP contribution in [-0.4, -0.2) is 33.4 Å². The number of hydrogen-bond acceptors (Lipinski definition) is 5. The Labute approximate surface area is 163 Å². The lowest BCUT2D eigenvalue weighted by atomic mass is 9.75. The highest BCUT2D eigenvalue weighted by atomic mass is 32.1. The number of benzene rings is 1. The maximum Gasteiger partial charge on any atom is 0.299 e. The average Bonchev–Trinajstić information content (AvgIpc) is 3.09. The van der Waals surface area contributed by atoms with Crippen LogP contribution < -0.4 is 4.74 Å². The van der Waals surface area contributed by atoms with Gasteiger partial charge in [0.1, 0.15) is 18.1 Å². The van der Waals surface area contributed by atoms with E-state index in [0.717, 1.165) is 32.9 Å². The molecule has 2 heterocycles. The average molecular weight is 383 g/mol. The number of carbonyl (C=O) groups excluding carboxylic acids is 1. The lowest BCUT2D eigenvalue weighted by Gasteiger charge is -2.34. The second kappa shape index (κ2) is 6.04. The number of para-hydroxylation sites is 1. The Morgan fingerprint density at radius 2 is 2.15 bits per heavy atom. The summed E-state index contributed by atoms with van der Waals surface area (Å²) in [5.41, 5.74) is 4.43. The summed E-state index contributed by atoms with van der Waals surface area (Å²) in [5, 5.41) is 9.30. The number of aliphatic hydroxyl groups excluding tert-OH is 1. The molecule has 6 heteroatoms. The van der Waals surface area contributed by atoms with E-state index in [9.17, 15) is 9.90 Å². The summed E-state index contributed by atoms with van der Waals surface area (Å²) in [4.78, 5) is 13.5. The van der Waals surface area contributed by atoms with Gasteiger partial charge in [-0.3, -0.25) is 4.79 Å². The molecule has 4 rings (SSSR count). The highest BCUT2D eigenvalue weighted by Gasteiger charge is 2.46. The molecule has 1 saturated heterocycles. The molecule has 27 heavy (non-hydrogen) atoms. The molecular formula is C21H21NO4S. The van der Waals surface area contributed by atoms with Gasteiger partial charge in [-0.2, -0.15) is 0 Å². The summed E-state index contributed by atoms with van der Waals surface area (Å²) in [7, 11) is 0. The predicted molar refractivity (Wildman–Crippen MR) is 106 cm³/mol. The first-order valence-corrected chi connectivity index (χ1v) is 9.27. The van der Waals surface area contributed by atoms with Crippen molar-refractivity contribution in [3.63, 3.8) is 0 Å². The van der Waals surface area contributed by atoms with Gasteiger partial charge in [0.25, 0.3) is 11.1 Å². The van der Waals surface area contributed by atoms with Gasteiger partial charge in [0.2, 0.25) is 0 Å². The molecule has 2 aliphatic heterocycles. The van der Waals surface area contributed by atoms with E-state index < -0.39 is 18.2 Å². The molecule has 1 fully saturated rings. The molecule has 1 aliphatic carbocycles. The summed E-state index contributed by atoms with van der Waals surface area (Å²) < 4.78 is 11.9. The largest absolute Gasteiger partial charge is 0.481 e. The first kappa shape index (κ1) is 17.9. The molecule has 5 nitrogen and oxygen atoms in total. The number of nitrogens with zero attached hydrogens (tertiary/aromatic N) is 1. The van der Waals surface area contributed by atoms with Crippen molar-refractivity contribution in [3.8, 4) is 5.75 Å². The Balaban J connectivity index is 1.82. The van der Waals surface area contributed by atoms with Gasteiger partial charge in [-0.1, -0.05) is 31.2 Å². The van der Waals surface area contributed by atoms with Crippen LogP contribution >= 0.6 is 12.2 Å². The normalized spacial score (nSPS) is 28.2. The minimum absolute atomic E-state index is 0.0241. The van der Waals surface area contributed by atoms with Gasteiger partial charge in [0, 0.05) is 22.6 Å². The van der Waals surface area contributed by atoms with Crippen LogP contribution in [0.3, 0.4) is 0 Å². The molecule has 1 aromatic rings.